The number of ether oxygens (including phenoxy) is 1. The highest BCUT2D eigenvalue weighted by molar-refractivity contribution is 5.87. The Balaban J connectivity index is 1.87. The lowest BCUT2D eigenvalue weighted by atomic mass is 9.90. The van der Waals surface area contributed by atoms with Gasteiger partial charge in [0.05, 0.1) is 13.2 Å². The molecule has 0 saturated carbocycles. The fourth-order valence-electron chi connectivity index (χ4n) is 2.59. The Morgan fingerprint density at radius 1 is 1.56 bits per heavy atom. The standard InChI is InChI=1S/C14H17NO3/c1-14(9-18-14)13(17)15-6-10-4-2-3-5-12(10)11(7-15)8-16/h2-5,11,16H,6-9H2,1H3. The van der Waals surface area contributed by atoms with Gasteiger partial charge in [0, 0.05) is 19.0 Å². The molecule has 1 aromatic rings. The zero-order valence-corrected chi connectivity index (χ0v) is 10.4. The van der Waals surface area contributed by atoms with Gasteiger partial charge in [-0.1, -0.05) is 24.3 Å². The summed E-state index contributed by atoms with van der Waals surface area (Å²) in [5, 5.41) is 9.49. The molecule has 1 aromatic carbocycles. The summed E-state index contributed by atoms with van der Waals surface area (Å²) in [7, 11) is 0. The van der Waals surface area contributed by atoms with Crippen LogP contribution in [0.3, 0.4) is 0 Å². The fourth-order valence-corrected chi connectivity index (χ4v) is 2.59. The third-order valence-electron chi connectivity index (χ3n) is 3.83. The van der Waals surface area contributed by atoms with Crippen molar-refractivity contribution in [3.8, 4) is 0 Å². The Labute approximate surface area is 106 Å². The van der Waals surface area contributed by atoms with E-state index in [1.54, 1.807) is 4.90 Å². The van der Waals surface area contributed by atoms with Gasteiger partial charge in [0.25, 0.3) is 5.91 Å². The first-order valence-electron chi connectivity index (χ1n) is 6.26. The molecule has 2 heterocycles. The number of rotatable bonds is 2. The highest BCUT2D eigenvalue weighted by Crippen LogP contribution is 2.33. The van der Waals surface area contributed by atoms with Gasteiger partial charge >= 0.3 is 0 Å². The third-order valence-corrected chi connectivity index (χ3v) is 3.83. The number of carbonyl (C=O) groups excluding carboxylic acids is 1. The molecule has 0 aromatic heterocycles. The van der Waals surface area contributed by atoms with E-state index in [1.165, 1.54) is 0 Å². The Morgan fingerprint density at radius 3 is 2.94 bits per heavy atom. The minimum absolute atomic E-state index is 0.0150. The minimum atomic E-state index is -0.619. The van der Waals surface area contributed by atoms with Crippen molar-refractivity contribution in [3.63, 3.8) is 0 Å². The molecular weight excluding hydrogens is 230 g/mol. The highest BCUT2D eigenvalue weighted by atomic mass is 16.6. The summed E-state index contributed by atoms with van der Waals surface area (Å²) >= 11 is 0. The second-order valence-corrected chi connectivity index (χ2v) is 5.28. The monoisotopic (exact) mass is 247 g/mol. The van der Waals surface area contributed by atoms with E-state index >= 15 is 0 Å². The van der Waals surface area contributed by atoms with Crippen molar-refractivity contribution in [1.82, 2.24) is 4.90 Å². The normalized spacial score (nSPS) is 29.9. The van der Waals surface area contributed by atoms with E-state index in [-0.39, 0.29) is 18.4 Å². The molecule has 4 nitrogen and oxygen atoms in total. The Hall–Kier alpha value is -1.39. The predicted molar refractivity (Wildman–Crippen MR) is 66.0 cm³/mol. The number of aliphatic hydroxyl groups excluding tert-OH is 1. The van der Waals surface area contributed by atoms with E-state index in [1.807, 2.05) is 31.2 Å². The molecule has 3 rings (SSSR count). The molecule has 1 fully saturated rings. The maximum Gasteiger partial charge on any atom is 0.257 e. The molecular formula is C14H17NO3. The van der Waals surface area contributed by atoms with Crippen molar-refractivity contribution in [2.75, 3.05) is 19.8 Å². The summed E-state index contributed by atoms with van der Waals surface area (Å²) < 4.78 is 5.21. The van der Waals surface area contributed by atoms with E-state index in [0.29, 0.717) is 19.7 Å². The number of hydrogen-bond acceptors (Lipinski definition) is 3. The van der Waals surface area contributed by atoms with Gasteiger partial charge in [-0.15, -0.1) is 0 Å². The summed E-state index contributed by atoms with van der Waals surface area (Å²) in [6.07, 6.45) is 0. The Bertz CT molecular complexity index is 482. The molecule has 0 spiro atoms. The number of carbonyl (C=O) groups is 1. The Kier molecular flexibility index (Phi) is 2.64. The molecule has 0 bridgehead atoms. The Morgan fingerprint density at radius 2 is 2.28 bits per heavy atom. The topological polar surface area (TPSA) is 53.1 Å². The van der Waals surface area contributed by atoms with Crippen LogP contribution in [-0.4, -0.2) is 41.3 Å². The van der Waals surface area contributed by atoms with Crippen molar-refractivity contribution >= 4 is 5.91 Å². The van der Waals surface area contributed by atoms with E-state index in [4.69, 9.17) is 4.74 Å². The van der Waals surface area contributed by atoms with Crippen LogP contribution in [0.2, 0.25) is 0 Å². The minimum Gasteiger partial charge on any atom is -0.396 e. The number of benzene rings is 1. The number of aliphatic hydroxyl groups is 1. The SMILES string of the molecule is CC1(C(=O)N2Cc3ccccc3C(CO)C2)CO1. The van der Waals surface area contributed by atoms with Gasteiger partial charge in [0.15, 0.2) is 5.60 Å². The average molecular weight is 247 g/mol. The van der Waals surface area contributed by atoms with Gasteiger partial charge in [-0.25, -0.2) is 0 Å². The summed E-state index contributed by atoms with van der Waals surface area (Å²) in [6, 6.07) is 8.00. The zero-order valence-electron chi connectivity index (χ0n) is 10.4. The van der Waals surface area contributed by atoms with Crippen LogP contribution >= 0.6 is 0 Å². The molecule has 0 aliphatic carbocycles. The van der Waals surface area contributed by atoms with E-state index in [0.717, 1.165) is 11.1 Å². The van der Waals surface area contributed by atoms with Crippen molar-refractivity contribution in [1.29, 1.82) is 0 Å². The molecule has 1 N–H and O–H groups in total. The van der Waals surface area contributed by atoms with Crippen molar-refractivity contribution in [3.05, 3.63) is 35.4 Å². The number of fused-ring (bicyclic) bond motifs is 1. The summed E-state index contributed by atoms with van der Waals surface area (Å²) in [5.74, 6) is 0.0525. The van der Waals surface area contributed by atoms with Crippen LogP contribution in [0.15, 0.2) is 24.3 Å². The number of nitrogens with zero attached hydrogens (tertiary/aromatic N) is 1. The lowest BCUT2D eigenvalue weighted by Gasteiger charge is -2.34. The molecule has 2 atom stereocenters. The molecule has 2 aliphatic heterocycles. The summed E-state index contributed by atoms with van der Waals surface area (Å²) in [4.78, 5) is 14.1. The van der Waals surface area contributed by atoms with Gasteiger partial charge in [0.2, 0.25) is 0 Å². The second-order valence-electron chi connectivity index (χ2n) is 5.28. The first-order chi connectivity index (χ1) is 8.64. The van der Waals surface area contributed by atoms with E-state index < -0.39 is 5.60 Å². The number of amides is 1. The van der Waals surface area contributed by atoms with Crippen molar-refractivity contribution < 1.29 is 14.6 Å². The molecule has 96 valence electrons. The molecule has 1 saturated heterocycles. The lowest BCUT2D eigenvalue weighted by molar-refractivity contribution is -0.137. The molecule has 1 amide bonds. The van der Waals surface area contributed by atoms with Crippen LogP contribution in [0.25, 0.3) is 0 Å². The van der Waals surface area contributed by atoms with E-state index in [9.17, 15) is 9.90 Å². The van der Waals surface area contributed by atoms with Gasteiger partial charge < -0.3 is 14.7 Å². The van der Waals surface area contributed by atoms with Crippen LogP contribution in [0.1, 0.15) is 24.0 Å². The van der Waals surface area contributed by atoms with Gasteiger partial charge in [-0.3, -0.25) is 4.79 Å². The molecule has 2 unspecified atom stereocenters. The maximum absolute atomic E-state index is 12.3. The quantitative estimate of drug-likeness (QED) is 0.790. The van der Waals surface area contributed by atoms with Gasteiger partial charge in [-0.05, 0) is 18.1 Å². The zero-order chi connectivity index (χ0) is 12.8. The highest BCUT2D eigenvalue weighted by Gasteiger charge is 2.50. The summed E-state index contributed by atoms with van der Waals surface area (Å²) in [6.45, 7) is 3.59. The molecule has 0 radical (unpaired) electrons. The third kappa shape index (κ3) is 1.82. The largest absolute Gasteiger partial charge is 0.396 e. The summed E-state index contributed by atoms with van der Waals surface area (Å²) in [5.41, 5.74) is 1.66. The van der Waals surface area contributed by atoms with Crippen molar-refractivity contribution in [2.24, 2.45) is 0 Å². The van der Waals surface area contributed by atoms with Gasteiger partial charge in [-0.2, -0.15) is 0 Å². The first-order valence-corrected chi connectivity index (χ1v) is 6.26. The molecule has 2 aliphatic rings. The lowest BCUT2D eigenvalue weighted by Crippen LogP contribution is -2.44. The van der Waals surface area contributed by atoms with Crippen LogP contribution in [0.4, 0.5) is 0 Å². The van der Waals surface area contributed by atoms with Crippen molar-refractivity contribution in [2.45, 2.75) is 25.0 Å². The average Bonchev–Trinajstić information content (AvgIpc) is 3.15. The fraction of sp³-hybridized carbons (Fsp3) is 0.500. The van der Waals surface area contributed by atoms with Crippen LogP contribution in [-0.2, 0) is 16.1 Å². The maximum atomic E-state index is 12.3. The molecule has 4 heteroatoms. The van der Waals surface area contributed by atoms with Crippen LogP contribution in [0.5, 0.6) is 0 Å². The van der Waals surface area contributed by atoms with Gasteiger partial charge in [0.1, 0.15) is 0 Å². The van der Waals surface area contributed by atoms with E-state index in [2.05, 4.69) is 0 Å². The number of hydrogen-bond donors (Lipinski definition) is 1. The second kappa shape index (κ2) is 4.07. The molecule has 18 heavy (non-hydrogen) atoms. The number of epoxide rings is 1. The smallest absolute Gasteiger partial charge is 0.257 e. The first kappa shape index (κ1) is 11.7. The van der Waals surface area contributed by atoms with Crippen LogP contribution in [0, 0.1) is 0 Å². The predicted octanol–water partition coefficient (Wildman–Crippen LogP) is 0.894. The van der Waals surface area contributed by atoms with Crippen LogP contribution < -0.4 is 0 Å².